The lowest BCUT2D eigenvalue weighted by atomic mass is 10.1. The van der Waals surface area contributed by atoms with Crippen molar-refractivity contribution in [2.75, 3.05) is 20.1 Å². The smallest absolute Gasteiger partial charge is 0.270 e. The number of hydrogen-bond acceptors (Lipinski definition) is 8. The van der Waals surface area contributed by atoms with E-state index in [-0.39, 0.29) is 23.2 Å². The Hall–Kier alpha value is -5.42. The minimum Gasteiger partial charge on any atom is -0.461 e. The van der Waals surface area contributed by atoms with Gasteiger partial charge in [0.2, 0.25) is 0 Å². The van der Waals surface area contributed by atoms with Crippen molar-refractivity contribution in [1.29, 1.82) is 0 Å². The number of fused-ring (bicyclic) bond motifs is 1. The van der Waals surface area contributed by atoms with E-state index in [2.05, 4.69) is 44.1 Å². The number of allylic oxidation sites excluding steroid dienone is 4. The van der Waals surface area contributed by atoms with Gasteiger partial charge in [0, 0.05) is 35.7 Å². The maximum absolute atomic E-state index is 13.0. The number of likely N-dealkylation sites (tertiary alicyclic amines) is 1. The van der Waals surface area contributed by atoms with E-state index in [4.69, 9.17) is 4.74 Å². The molecule has 0 aliphatic carbocycles. The molecular formula is C33H33N7O4. The van der Waals surface area contributed by atoms with Gasteiger partial charge in [-0.25, -0.2) is 9.97 Å². The number of nitrogens with one attached hydrogen (secondary N) is 2. The summed E-state index contributed by atoms with van der Waals surface area (Å²) in [7, 11) is 2.07. The highest BCUT2D eigenvalue weighted by atomic mass is 16.5. The fourth-order valence-electron chi connectivity index (χ4n) is 4.77. The number of carbonyl (C=O) groups is 2. The fraction of sp³-hybridized carbons (Fsp3) is 0.212. The molecule has 1 saturated heterocycles. The summed E-state index contributed by atoms with van der Waals surface area (Å²) in [4.78, 5) is 54.0. The molecule has 2 amide bonds. The molecule has 5 heterocycles. The Kier molecular flexibility index (Phi) is 9.36. The Labute approximate surface area is 254 Å². The van der Waals surface area contributed by atoms with Crippen molar-refractivity contribution in [3.63, 3.8) is 0 Å². The highest BCUT2D eigenvalue weighted by molar-refractivity contribution is 5.97. The van der Waals surface area contributed by atoms with Crippen LogP contribution in [0.4, 0.5) is 0 Å². The summed E-state index contributed by atoms with van der Waals surface area (Å²) < 4.78 is 7.40. The molecule has 0 bridgehead atoms. The molecule has 4 aromatic heterocycles. The van der Waals surface area contributed by atoms with E-state index >= 15 is 0 Å². The minimum absolute atomic E-state index is 0.0459. The Morgan fingerprint density at radius 2 is 1.84 bits per heavy atom. The van der Waals surface area contributed by atoms with Gasteiger partial charge in [0.1, 0.15) is 28.6 Å². The summed E-state index contributed by atoms with van der Waals surface area (Å²) in [6.07, 6.45) is 12.8. The first-order valence-corrected chi connectivity index (χ1v) is 14.2. The Balaban J connectivity index is 1.30. The number of amides is 2. The summed E-state index contributed by atoms with van der Waals surface area (Å²) in [5.41, 5.74) is 0.689. The number of piperidine rings is 1. The van der Waals surface area contributed by atoms with Crippen molar-refractivity contribution < 1.29 is 14.3 Å². The summed E-state index contributed by atoms with van der Waals surface area (Å²) in [5, 5.41) is 6.43. The highest BCUT2D eigenvalue weighted by Crippen LogP contribution is 2.26. The third kappa shape index (κ3) is 7.13. The van der Waals surface area contributed by atoms with Gasteiger partial charge in [0.05, 0.1) is 11.7 Å². The number of aromatic nitrogens is 4. The molecule has 0 aromatic carbocycles. The largest absolute Gasteiger partial charge is 0.461 e. The highest BCUT2D eigenvalue weighted by Gasteiger charge is 2.20. The second-order valence-electron chi connectivity index (χ2n) is 10.4. The van der Waals surface area contributed by atoms with Crippen LogP contribution in [0.15, 0.2) is 108 Å². The lowest BCUT2D eigenvalue weighted by Crippen LogP contribution is -2.43. The van der Waals surface area contributed by atoms with Crippen molar-refractivity contribution in [2.24, 2.45) is 0 Å². The number of carbonyl (C=O) groups excluding carboxylic acids is 2. The molecule has 1 aliphatic heterocycles. The van der Waals surface area contributed by atoms with Gasteiger partial charge in [-0.05, 0) is 94.5 Å². The zero-order valence-electron chi connectivity index (χ0n) is 24.6. The van der Waals surface area contributed by atoms with Gasteiger partial charge in [-0.1, -0.05) is 12.6 Å². The van der Waals surface area contributed by atoms with E-state index in [1.807, 2.05) is 0 Å². The first-order chi connectivity index (χ1) is 21.3. The third-order valence-corrected chi connectivity index (χ3v) is 7.21. The second kappa shape index (κ2) is 13.7. The Morgan fingerprint density at radius 1 is 1.02 bits per heavy atom. The molecule has 1 aliphatic rings. The topological polar surface area (TPSA) is 131 Å². The molecule has 224 valence electrons. The monoisotopic (exact) mass is 591 g/mol. The zero-order valence-corrected chi connectivity index (χ0v) is 24.6. The molecule has 1 fully saturated rings. The van der Waals surface area contributed by atoms with Crippen molar-refractivity contribution in [2.45, 2.75) is 25.8 Å². The van der Waals surface area contributed by atoms with Crippen molar-refractivity contribution in [3.8, 4) is 11.6 Å². The molecule has 0 saturated carbocycles. The average Bonchev–Trinajstić information content (AvgIpc) is 3.04. The molecule has 0 atom stereocenters. The molecular weight excluding hydrogens is 558 g/mol. The number of hydrogen-bond donors (Lipinski definition) is 2. The first-order valence-electron chi connectivity index (χ1n) is 14.2. The lowest BCUT2D eigenvalue weighted by Gasteiger charge is -2.29. The van der Waals surface area contributed by atoms with Crippen LogP contribution in [0.25, 0.3) is 16.7 Å². The van der Waals surface area contributed by atoms with Gasteiger partial charge in [0.25, 0.3) is 17.4 Å². The second-order valence-corrected chi connectivity index (χ2v) is 10.4. The Bertz CT molecular complexity index is 1810. The van der Waals surface area contributed by atoms with Crippen LogP contribution in [0.1, 0.15) is 40.6 Å². The van der Waals surface area contributed by atoms with E-state index < -0.39 is 11.5 Å². The maximum atomic E-state index is 13.0. The molecule has 2 N–H and O–H groups in total. The molecule has 0 unspecified atom stereocenters. The molecule has 0 spiro atoms. The summed E-state index contributed by atoms with van der Waals surface area (Å²) in [5.74, 6) is 0.584. The van der Waals surface area contributed by atoms with Crippen LogP contribution in [-0.4, -0.2) is 62.4 Å². The van der Waals surface area contributed by atoms with E-state index in [1.165, 1.54) is 16.7 Å². The first kappa shape index (κ1) is 30.1. The SMILES string of the molecule is C=C/C(=C\C=C(/C)Oc1ccnc2cnc(C(=O)NC3CCN(C)CC3)cc12)NC(=O)c1cccn(-c2ccccn2)c1=O. The minimum atomic E-state index is -0.586. The lowest BCUT2D eigenvalue weighted by molar-refractivity contribution is 0.0910. The summed E-state index contributed by atoms with van der Waals surface area (Å²) in [6, 6.07) is 11.7. The van der Waals surface area contributed by atoms with Crippen LogP contribution in [0.2, 0.25) is 0 Å². The maximum Gasteiger partial charge on any atom is 0.270 e. The third-order valence-electron chi connectivity index (χ3n) is 7.21. The van der Waals surface area contributed by atoms with Gasteiger partial charge in [-0.2, -0.15) is 0 Å². The van der Waals surface area contributed by atoms with E-state index in [0.717, 1.165) is 25.9 Å². The molecule has 5 rings (SSSR count). The van der Waals surface area contributed by atoms with Crippen LogP contribution in [0.5, 0.6) is 5.75 Å². The van der Waals surface area contributed by atoms with Gasteiger partial charge in [-0.3, -0.25) is 23.9 Å². The molecule has 11 nitrogen and oxygen atoms in total. The van der Waals surface area contributed by atoms with Crippen LogP contribution in [-0.2, 0) is 0 Å². The van der Waals surface area contributed by atoms with E-state index in [1.54, 1.807) is 80.3 Å². The summed E-state index contributed by atoms with van der Waals surface area (Å²) in [6.45, 7) is 7.40. The van der Waals surface area contributed by atoms with Gasteiger partial charge in [0.15, 0.2) is 0 Å². The predicted molar refractivity (Wildman–Crippen MR) is 167 cm³/mol. The van der Waals surface area contributed by atoms with Crippen LogP contribution >= 0.6 is 0 Å². The number of nitrogens with zero attached hydrogens (tertiary/aromatic N) is 5. The normalized spacial score (nSPS) is 14.7. The quantitative estimate of drug-likeness (QED) is 0.222. The van der Waals surface area contributed by atoms with Gasteiger partial charge < -0.3 is 20.3 Å². The van der Waals surface area contributed by atoms with E-state index in [9.17, 15) is 14.4 Å². The number of ether oxygens (including phenoxy) is 1. The fourth-order valence-corrected chi connectivity index (χ4v) is 4.77. The molecule has 11 heteroatoms. The number of rotatable bonds is 9. The van der Waals surface area contributed by atoms with Crippen molar-refractivity contribution >= 4 is 22.7 Å². The summed E-state index contributed by atoms with van der Waals surface area (Å²) >= 11 is 0. The standard InChI is InChI=1S/C33H33N7O4/c1-4-23(37-31(41)25-8-7-17-40(33(25)43)30-9-5-6-15-35-30)11-10-22(2)44-29-12-16-34-28-21-36-27(20-26(28)29)32(42)38-24-13-18-39(3)19-14-24/h4-12,15-17,20-21,24H,1,13-14,18-19H2,2-3H3,(H,37,41)(H,38,42)/b22-10+,23-11+. The van der Waals surface area contributed by atoms with Gasteiger partial charge >= 0.3 is 0 Å². The van der Waals surface area contributed by atoms with Gasteiger partial charge in [-0.15, -0.1) is 0 Å². The molecule has 44 heavy (non-hydrogen) atoms. The molecule has 0 radical (unpaired) electrons. The van der Waals surface area contributed by atoms with Crippen molar-refractivity contribution in [3.05, 3.63) is 125 Å². The zero-order chi connectivity index (χ0) is 31.1. The van der Waals surface area contributed by atoms with Crippen LogP contribution in [0, 0.1) is 0 Å². The number of pyridine rings is 4. The average molecular weight is 592 g/mol. The Morgan fingerprint density at radius 3 is 2.59 bits per heavy atom. The predicted octanol–water partition coefficient (Wildman–Crippen LogP) is 3.78. The van der Waals surface area contributed by atoms with Crippen LogP contribution < -0.4 is 20.9 Å². The molecule has 4 aromatic rings. The van der Waals surface area contributed by atoms with Crippen LogP contribution in [0.3, 0.4) is 0 Å². The van der Waals surface area contributed by atoms with Crippen molar-refractivity contribution in [1.82, 2.24) is 35.1 Å². The van der Waals surface area contributed by atoms with E-state index in [0.29, 0.717) is 33.9 Å².